The van der Waals surface area contributed by atoms with Crippen molar-refractivity contribution in [1.29, 1.82) is 0 Å². The maximum atomic E-state index is 13.4. The van der Waals surface area contributed by atoms with E-state index in [0.29, 0.717) is 12.8 Å². The van der Waals surface area contributed by atoms with E-state index in [0.717, 1.165) is 5.56 Å². The van der Waals surface area contributed by atoms with Crippen molar-refractivity contribution in [3.8, 4) is 0 Å². The first kappa shape index (κ1) is 26.3. The van der Waals surface area contributed by atoms with Gasteiger partial charge in [0.2, 0.25) is 0 Å². The number of cyclic esters (lactones) is 1. The molecule has 3 heterocycles. The fraction of sp³-hybridized carbons (Fsp3) is 0.667. The van der Waals surface area contributed by atoms with Crippen LogP contribution in [-0.2, 0) is 38.1 Å². The normalized spacial score (nSPS) is 47.1. The number of carbonyl (C=O) groups excluding carboxylic acids is 4. The lowest BCUT2D eigenvalue weighted by molar-refractivity contribution is -0.284. The summed E-state index contributed by atoms with van der Waals surface area (Å²) < 4.78 is 30.1. The Balaban J connectivity index is 1.61. The molecule has 0 N–H and O–H groups in total. The van der Waals surface area contributed by atoms with E-state index in [1.165, 1.54) is 13.8 Å². The van der Waals surface area contributed by atoms with Crippen LogP contribution in [0.4, 0.5) is 0 Å². The number of esters is 3. The Hall–Kier alpha value is -2.94. The number of furan rings is 1. The lowest BCUT2D eigenvalue weighted by Crippen LogP contribution is -2.76. The van der Waals surface area contributed by atoms with Gasteiger partial charge in [0.15, 0.2) is 11.9 Å². The number of carbonyl (C=O) groups is 4. The third-order valence-corrected chi connectivity index (χ3v) is 11.1. The van der Waals surface area contributed by atoms with Gasteiger partial charge in [-0.1, -0.05) is 40.7 Å². The summed E-state index contributed by atoms with van der Waals surface area (Å²) in [5.41, 5.74) is -3.58. The highest BCUT2D eigenvalue weighted by atomic mass is 16.7. The van der Waals surface area contributed by atoms with Gasteiger partial charge < -0.3 is 23.4 Å². The first-order chi connectivity index (χ1) is 18.2. The highest BCUT2D eigenvalue weighted by molar-refractivity contribution is 5.96. The van der Waals surface area contributed by atoms with Crippen LogP contribution in [0.1, 0.15) is 73.0 Å². The molecule has 10 atom stereocenters. The van der Waals surface area contributed by atoms with Crippen molar-refractivity contribution in [3.05, 3.63) is 36.3 Å². The number of ether oxygens (including phenoxy) is 4. The van der Waals surface area contributed by atoms with E-state index in [1.807, 2.05) is 26.8 Å². The van der Waals surface area contributed by atoms with Crippen molar-refractivity contribution in [2.45, 2.75) is 91.3 Å². The van der Waals surface area contributed by atoms with Crippen LogP contribution in [0, 0.1) is 33.5 Å². The summed E-state index contributed by atoms with van der Waals surface area (Å²) >= 11 is 0. The number of rotatable bonds is 3. The third-order valence-electron chi connectivity index (χ3n) is 11.1. The number of ketones is 1. The van der Waals surface area contributed by atoms with Gasteiger partial charge in [-0.2, -0.15) is 0 Å². The van der Waals surface area contributed by atoms with Gasteiger partial charge in [-0.05, 0) is 36.3 Å². The molecule has 6 rings (SSSR count). The van der Waals surface area contributed by atoms with Crippen molar-refractivity contribution in [3.63, 3.8) is 0 Å². The first-order valence-electron chi connectivity index (χ1n) is 13.6. The second-order valence-electron chi connectivity index (χ2n) is 13.3. The van der Waals surface area contributed by atoms with Crippen LogP contribution in [0.15, 0.2) is 35.2 Å². The summed E-state index contributed by atoms with van der Waals surface area (Å²) in [6.45, 7) is 12.5. The second-order valence-corrected chi connectivity index (χ2v) is 13.3. The summed E-state index contributed by atoms with van der Waals surface area (Å²) in [5, 5.41) is 0. The Morgan fingerprint density at radius 3 is 2.31 bits per heavy atom. The first-order valence-corrected chi connectivity index (χ1v) is 13.6. The van der Waals surface area contributed by atoms with Crippen LogP contribution >= 0.6 is 0 Å². The van der Waals surface area contributed by atoms with Crippen LogP contribution < -0.4 is 0 Å². The molecule has 4 fully saturated rings. The Morgan fingerprint density at radius 2 is 1.69 bits per heavy atom. The smallest absolute Gasteiger partial charge is 0.339 e. The average Bonchev–Trinajstić information content (AvgIpc) is 3.41. The number of allylic oxidation sites excluding steroid dienone is 2. The summed E-state index contributed by atoms with van der Waals surface area (Å²) in [6.07, 6.45) is 4.61. The minimum absolute atomic E-state index is 0.0760. The molecule has 1 aromatic heterocycles. The standard InChI is InChI=1S/C30H36O9/c1-15(31)36-20-21-26(3,4)19(33)9-11-27(21,5)18-8-12-28(6)22(17-10-13-35-14-17)38-25(34)24-30(28,39-24)29(18,7)23(20)37-16(2)32/h9-11,13-14,18,20-24H,8,12H2,1-7H3/t18?,20-,21?,22+,23-,24?,27-,28+,29+,30?/m1/s1. The predicted molar refractivity (Wildman–Crippen MR) is 135 cm³/mol. The van der Waals surface area contributed by atoms with E-state index in [9.17, 15) is 19.2 Å². The molecule has 9 heteroatoms. The zero-order chi connectivity index (χ0) is 28.3. The van der Waals surface area contributed by atoms with E-state index in [2.05, 4.69) is 13.8 Å². The minimum Gasteiger partial charge on any atom is -0.472 e. The van der Waals surface area contributed by atoms with Gasteiger partial charge in [-0.15, -0.1) is 0 Å². The molecule has 1 spiro atoms. The summed E-state index contributed by atoms with van der Waals surface area (Å²) in [6, 6.07) is 1.79. The summed E-state index contributed by atoms with van der Waals surface area (Å²) in [7, 11) is 0. The van der Waals surface area contributed by atoms with Crippen molar-refractivity contribution in [2.24, 2.45) is 33.5 Å². The van der Waals surface area contributed by atoms with Gasteiger partial charge in [-0.25, -0.2) is 4.79 Å². The average molecular weight is 541 g/mol. The molecule has 0 amide bonds. The molecule has 0 radical (unpaired) electrons. The monoisotopic (exact) mass is 540 g/mol. The van der Waals surface area contributed by atoms with Gasteiger partial charge in [0, 0.05) is 41.6 Å². The predicted octanol–water partition coefficient (Wildman–Crippen LogP) is 4.10. The number of epoxide rings is 1. The highest BCUT2D eigenvalue weighted by Gasteiger charge is 2.89. The maximum absolute atomic E-state index is 13.4. The van der Waals surface area contributed by atoms with E-state index in [-0.39, 0.29) is 11.7 Å². The SMILES string of the molecule is CC(=O)O[C@@H]1C2C(C)(C)C(=O)C=C[C@]2(C)C2CC[C@@]3(C)[C@H](c4ccoc4)OC(=O)C4OC43[C@]2(C)[C@@H]1OC(C)=O. The maximum Gasteiger partial charge on any atom is 0.339 e. The fourth-order valence-corrected chi connectivity index (χ4v) is 9.68. The van der Waals surface area contributed by atoms with Crippen molar-refractivity contribution in [2.75, 3.05) is 0 Å². The molecule has 2 saturated heterocycles. The number of fused-ring (bicyclic) bond motifs is 3. The van der Waals surface area contributed by atoms with Crippen molar-refractivity contribution in [1.82, 2.24) is 0 Å². The molecule has 210 valence electrons. The molecule has 2 aliphatic heterocycles. The van der Waals surface area contributed by atoms with E-state index in [1.54, 1.807) is 24.7 Å². The molecule has 4 unspecified atom stereocenters. The Labute approximate surface area is 227 Å². The molecule has 5 aliphatic rings. The Bertz CT molecular complexity index is 1300. The summed E-state index contributed by atoms with van der Waals surface area (Å²) in [4.78, 5) is 52.0. The largest absolute Gasteiger partial charge is 0.472 e. The lowest BCUT2D eigenvalue weighted by atomic mass is 9.35. The highest BCUT2D eigenvalue weighted by Crippen LogP contribution is 2.80. The fourth-order valence-electron chi connectivity index (χ4n) is 9.68. The van der Waals surface area contributed by atoms with Gasteiger partial charge in [0.1, 0.15) is 23.9 Å². The molecular formula is C30H36O9. The van der Waals surface area contributed by atoms with Crippen LogP contribution in [0.25, 0.3) is 0 Å². The molecular weight excluding hydrogens is 504 g/mol. The summed E-state index contributed by atoms with van der Waals surface area (Å²) in [5.74, 6) is -2.29. The van der Waals surface area contributed by atoms with Gasteiger partial charge in [0.25, 0.3) is 0 Å². The van der Waals surface area contributed by atoms with Gasteiger partial charge in [0.05, 0.1) is 12.5 Å². The number of hydrogen-bond donors (Lipinski definition) is 0. The van der Waals surface area contributed by atoms with E-state index in [4.69, 9.17) is 23.4 Å². The van der Waals surface area contributed by atoms with Crippen LogP contribution in [0.5, 0.6) is 0 Å². The molecule has 39 heavy (non-hydrogen) atoms. The van der Waals surface area contributed by atoms with E-state index < -0.39 is 75.5 Å². The third kappa shape index (κ3) is 3.00. The Morgan fingerprint density at radius 1 is 1.00 bits per heavy atom. The minimum atomic E-state index is -1.08. The van der Waals surface area contributed by atoms with Crippen LogP contribution in [0.3, 0.4) is 0 Å². The van der Waals surface area contributed by atoms with Gasteiger partial charge in [-0.3, -0.25) is 14.4 Å². The molecule has 0 aromatic carbocycles. The molecule has 2 saturated carbocycles. The van der Waals surface area contributed by atoms with Crippen molar-refractivity contribution < 1.29 is 42.5 Å². The van der Waals surface area contributed by atoms with E-state index >= 15 is 0 Å². The number of hydrogen-bond acceptors (Lipinski definition) is 9. The molecule has 3 aliphatic carbocycles. The lowest BCUT2D eigenvalue weighted by Gasteiger charge is -2.69. The van der Waals surface area contributed by atoms with Gasteiger partial charge >= 0.3 is 17.9 Å². The zero-order valence-corrected chi connectivity index (χ0v) is 23.4. The zero-order valence-electron chi connectivity index (χ0n) is 23.4. The van der Waals surface area contributed by atoms with Crippen LogP contribution in [0.2, 0.25) is 0 Å². The Kier molecular flexibility index (Phi) is 5.28. The second kappa shape index (κ2) is 7.83. The molecule has 9 nitrogen and oxygen atoms in total. The van der Waals surface area contributed by atoms with Crippen LogP contribution in [-0.4, -0.2) is 47.6 Å². The molecule has 0 bridgehead atoms. The molecule has 1 aromatic rings. The quantitative estimate of drug-likeness (QED) is 0.317. The van der Waals surface area contributed by atoms with Crippen molar-refractivity contribution >= 4 is 23.7 Å². The topological polar surface area (TPSA) is 122 Å².